The first-order valence-electron chi connectivity index (χ1n) is 9.52. The van der Waals surface area contributed by atoms with Crippen LogP contribution in [0.5, 0.6) is 0 Å². The number of nitrogens with one attached hydrogen (secondary N) is 1. The van der Waals surface area contributed by atoms with E-state index in [-0.39, 0.29) is 5.91 Å². The van der Waals surface area contributed by atoms with Gasteiger partial charge in [0, 0.05) is 25.1 Å². The normalized spacial score (nSPS) is 16.9. The number of rotatable bonds is 2. The third-order valence-corrected chi connectivity index (χ3v) is 5.43. The predicted octanol–water partition coefficient (Wildman–Crippen LogP) is 3.14. The van der Waals surface area contributed by atoms with Gasteiger partial charge in [-0.15, -0.1) is 5.10 Å². The topological polar surface area (TPSA) is 84.1 Å². The molecule has 3 N–H and O–H groups in total. The molecule has 0 spiro atoms. The monoisotopic (exact) mass is 363 g/mol. The molecule has 3 aliphatic rings. The van der Waals surface area contributed by atoms with Gasteiger partial charge in [-0.3, -0.25) is 4.79 Å². The van der Waals surface area contributed by atoms with Crippen molar-refractivity contribution in [3.8, 4) is 0 Å². The van der Waals surface area contributed by atoms with E-state index in [0.29, 0.717) is 30.9 Å². The zero-order valence-corrected chi connectivity index (χ0v) is 15.7. The lowest BCUT2D eigenvalue weighted by Crippen LogP contribution is -2.36. The number of allylic oxidation sites excluding steroid dienone is 2. The number of aryl methyl sites for hydroxylation is 1. The van der Waals surface area contributed by atoms with E-state index >= 15 is 0 Å². The Kier molecular flexibility index (Phi) is 4.90. The highest BCUT2D eigenvalue weighted by atomic mass is 16.2. The molecule has 5 rings (SSSR count). The lowest BCUT2D eigenvalue weighted by molar-refractivity contribution is 0.0733. The zero-order valence-electron chi connectivity index (χ0n) is 15.7. The summed E-state index contributed by atoms with van der Waals surface area (Å²) < 4.78 is 0. The van der Waals surface area contributed by atoms with Crippen LogP contribution in [0.1, 0.15) is 52.9 Å². The second-order valence-electron chi connectivity index (χ2n) is 7.43. The Morgan fingerprint density at radius 1 is 1.11 bits per heavy atom. The van der Waals surface area contributed by atoms with Gasteiger partial charge >= 0.3 is 0 Å². The summed E-state index contributed by atoms with van der Waals surface area (Å²) in [5.74, 6) is 5.90. The Balaban J connectivity index is 0.000000250. The van der Waals surface area contributed by atoms with Gasteiger partial charge in [-0.1, -0.05) is 28.8 Å². The van der Waals surface area contributed by atoms with E-state index in [4.69, 9.17) is 5.84 Å². The van der Waals surface area contributed by atoms with E-state index in [1.165, 1.54) is 25.7 Å². The average Bonchev–Trinajstić information content (AvgIpc) is 3.32. The van der Waals surface area contributed by atoms with Crippen molar-refractivity contribution in [1.29, 1.82) is 0 Å². The van der Waals surface area contributed by atoms with E-state index in [0.717, 1.165) is 16.8 Å². The number of hydrogen-bond acceptors (Lipinski definition) is 5. The van der Waals surface area contributed by atoms with Gasteiger partial charge in [0.25, 0.3) is 5.91 Å². The molecule has 2 heterocycles. The molecular weight excluding hydrogens is 338 g/mol. The summed E-state index contributed by atoms with van der Waals surface area (Å²) in [4.78, 5) is 14.4. The van der Waals surface area contributed by atoms with Crippen molar-refractivity contribution in [3.05, 3.63) is 63.9 Å². The SMILES string of the molecule is C1CC2=C(C1)C2.Cc1ccc(C(=O)N2CCc3nnc(NN)cc3C2)cc1. The number of nitrogens with two attached hydrogens (primary N) is 1. The van der Waals surface area contributed by atoms with E-state index in [1.807, 2.05) is 42.2 Å². The Hall–Kier alpha value is -2.73. The van der Waals surface area contributed by atoms with Gasteiger partial charge < -0.3 is 10.3 Å². The second kappa shape index (κ2) is 7.48. The summed E-state index contributed by atoms with van der Waals surface area (Å²) in [6.45, 7) is 3.20. The first-order chi connectivity index (χ1) is 13.1. The van der Waals surface area contributed by atoms with Crippen LogP contribution in [-0.4, -0.2) is 27.5 Å². The first kappa shape index (κ1) is 17.7. The average molecular weight is 363 g/mol. The number of amides is 1. The molecule has 27 heavy (non-hydrogen) atoms. The molecule has 140 valence electrons. The Labute approximate surface area is 159 Å². The highest BCUT2D eigenvalue weighted by molar-refractivity contribution is 5.94. The summed E-state index contributed by atoms with van der Waals surface area (Å²) in [6, 6.07) is 9.48. The lowest BCUT2D eigenvalue weighted by atomic mass is 10.0. The van der Waals surface area contributed by atoms with E-state index < -0.39 is 0 Å². The molecule has 6 nitrogen and oxygen atoms in total. The molecule has 0 unspecified atom stereocenters. The third-order valence-electron chi connectivity index (χ3n) is 5.43. The summed E-state index contributed by atoms with van der Waals surface area (Å²) in [5, 5.41) is 8.10. The predicted molar refractivity (Wildman–Crippen MR) is 105 cm³/mol. The number of anilines is 1. The standard InChI is InChI=1S/C15H17N5O.C6H8/c1-10-2-4-11(5-3-10)15(21)20-7-6-13-12(9-20)8-14(17-16)19-18-13;1-2-5-4-6(5)3-1/h2-5,8H,6-7,9,16H2,1H3,(H,17,19);1-4H2. The molecule has 1 amide bonds. The van der Waals surface area contributed by atoms with Gasteiger partial charge in [-0.2, -0.15) is 5.10 Å². The molecule has 1 aromatic heterocycles. The molecule has 1 aliphatic heterocycles. The van der Waals surface area contributed by atoms with Gasteiger partial charge in [0.1, 0.15) is 0 Å². The second-order valence-corrected chi connectivity index (χ2v) is 7.43. The Morgan fingerprint density at radius 2 is 1.85 bits per heavy atom. The fraction of sp³-hybridized carbons (Fsp3) is 0.381. The summed E-state index contributed by atoms with van der Waals surface area (Å²) >= 11 is 0. The zero-order chi connectivity index (χ0) is 18.8. The van der Waals surface area contributed by atoms with Crippen LogP contribution in [0.15, 0.2) is 41.5 Å². The number of benzene rings is 1. The van der Waals surface area contributed by atoms with Crippen LogP contribution < -0.4 is 11.3 Å². The molecule has 0 saturated carbocycles. The maximum absolute atomic E-state index is 12.5. The Bertz CT molecular complexity index is 876. The van der Waals surface area contributed by atoms with Crippen molar-refractivity contribution in [1.82, 2.24) is 15.1 Å². The Morgan fingerprint density at radius 3 is 2.44 bits per heavy atom. The van der Waals surface area contributed by atoms with Gasteiger partial charge in [-0.05, 0) is 56.4 Å². The van der Waals surface area contributed by atoms with Crippen molar-refractivity contribution >= 4 is 11.7 Å². The van der Waals surface area contributed by atoms with Gasteiger partial charge in [0.2, 0.25) is 0 Å². The molecule has 2 aromatic rings. The number of aromatic nitrogens is 2. The number of hydrogen-bond donors (Lipinski definition) is 2. The highest BCUT2D eigenvalue weighted by Gasteiger charge is 2.25. The number of carbonyl (C=O) groups excluding carboxylic acids is 1. The number of fused-ring (bicyclic) bond motifs is 1. The van der Waals surface area contributed by atoms with Crippen LogP contribution in [0, 0.1) is 6.92 Å². The van der Waals surface area contributed by atoms with E-state index in [2.05, 4.69) is 15.6 Å². The lowest BCUT2D eigenvalue weighted by Gasteiger charge is -2.28. The largest absolute Gasteiger partial charge is 0.334 e. The molecule has 1 aromatic carbocycles. The molecule has 0 saturated heterocycles. The number of hydrazine groups is 1. The molecule has 0 fully saturated rings. The van der Waals surface area contributed by atoms with Gasteiger partial charge in [-0.25, -0.2) is 5.84 Å². The first-order valence-corrected chi connectivity index (χ1v) is 9.52. The quantitative estimate of drug-likeness (QED) is 0.486. The van der Waals surface area contributed by atoms with E-state index in [9.17, 15) is 4.79 Å². The summed E-state index contributed by atoms with van der Waals surface area (Å²) in [5.41, 5.74) is 9.83. The number of nitrogen functional groups attached to an aromatic ring is 1. The van der Waals surface area contributed by atoms with Crippen molar-refractivity contribution in [2.24, 2.45) is 5.84 Å². The van der Waals surface area contributed by atoms with Gasteiger partial charge in [0.15, 0.2) is 5.82 Å². The molecular formula is C21H25N5O. The molecule has 0 radical (unpaired) electrons. The van der Waals surface area contributed by atoms with E-state index in [1.54, 1.807) is 11.1 Å². The fourth-order valence-electron chi connectivity index (χ4n) is 3.71. The maximum atomic E-state index is 12.5. The van der Waals surface area contributed by atoms with Crippen LogP contribution in [-0.2, 0) is 13.0 Å². The van der Waals surface area contributed by atoms with Crippen molar-refractivity contribution < 1.29 is 4.79 Å². The van der Waals surface area contributed by atoms with Crippen LogP contribution in [0.2, 0.25) is 0 Å². The molecule has 0 atom stereocenters. The smallest absolute Gasteiger partial charge is 0.254 e. The third kappa shape index (κ3) is 4.01. The summed E-state index contributed by atoms with van der Waals surface area (Å²) in [6.07, 6.45) is 6.47. The fourth-order valence-corrected chi connectivity index (χ4v) is 3.71. The minimum Gasteiger partial charge on any atom is -0.334 e. The number of nitrogens with zero attached hydrogens (tertiary/aromatic N) is 3. The maximum Gasteiger partial charge on any atom is 0.254 e. The van der Waals surface area contributed by atoms with Crippen LogP contribution >= 0.6 is 0 Å². The van der Waals surface area contributed by atoms with Crippen molar-refractivity contribution in [2.45, 2.75) is 45.6 Å². The molecule has 2 aliphatic carbocycles. The summed E-state index contributed by atoms with van der Waals surface area (Å²) in [7, 11) is 0. The molecule has 0 bridgehead atoms. The van der Waals surface area contributed by atoms with Crippen LogP contribution in [0.25, 0.3) is 0 Å². The van der Waals surface area contributed by atoms with Crippen molar-refractivity contribution in [2.75, 3.05) is 12.0 Å². The number of carbonyl (C=O) groups is 1. The minimum absolute atomic E-state index is 0.0414. The van der Waals surface area contributed by atoms with Gasteiger partial charge in [0.05, 0.1) is 5.69 Å². The minimum atomic E-state index is 0.0414. The molecule has 6 heteroatoms. The highest BCUT2D eigenvalue weighted by Crippen LogP contribution is 2.44. The van der Waals surface area contributed by atoms with Crippen molar-refractivity contribution in [3.63, 3.8) is 0 Å². The van der Waals surface area contributed by atoms with Crippen LogP contribution in [0.4, 0.5) is 5.82 Å². The van der Waals surface area contributed by atoms with Crippen LogP contribution in [0.3, 0.4) is 0 Å².